The van der Waals surface area contributed by atoms with Crippen molar-refractivity contribution in [1.29, 1.82) is 0 Å². The van der Waals surface area contributed by atoms with Crippen LogP contribution in [0.3, 0.4) is 0 Å². The summed E-state index contributed by atoms with van der Waals surface area (Å²) < 4.78 is 4.26. The SMILES string of the molecule is CC(OCO)C(=O)O. The molecule has 0 spiro atoms. The number of hydrogen-bond acceptors (Lipinski definition) is 3. The summed E-state index contributed by atoms with van der Waals surface area (Å²) in [5, 5.41) is 16.1. The number of ether oxygens (including phenoxy) is 1. The standard InChI is InChI=1S/C4H8O4/c1-3(4(6)7)8-2-5/h3,5H,2H2,1H3,(H,6,7). The van der Waals surface area contributed by atoms with Crippen molar-refractivity contribution in [1.82, 2.24) is 0 Å². The summed E-state index contributed by atoms with van der Waals surface area (Å²) in [6.45, 7) is 0.798. The molecule has 0 heterocycles. The quantitative estimate of drug-likeness (QED) is 0.489. The molecule has 0 saturated heterocycles. The third kappa shape index (κ3) is 2.54. The predicted molar refractivity (Wildman–Crippen MR) is 25.3 cm³/mol. The van der Waals surface area contributed by atoms with Crippen molar-refractivity contribution < 1.29 is 19.7 Å². The molecular formula is C4H8O4. The van der Waals surface area contributed by atoms with Gasteiger partial charge < -0.3 is 14.9 Å². The Balaban J connectivity index is 3.32. The van der Waals surface area contributed by atoms with E-state index >= 15 is 0 Å². The Bertz CT molecular complexity index is 80.1. The maximum Gasteiger partial charge on any atom is 0.332 e. The number of carboxylic acids is 1. The van der Waals surface area contributed by atoms with Gasteiger partial charge in [-0.1, -0.05) is 0 Å². The van der Waals surface area contributed by atoms with E-state index in [2.05, 4.69) is 4.74 Å². The van der Waals surface area contributed by atoms with Crippen LogP contribution in [0.2, 0.25) is 0 Å². The third-order valence-electron chi connectivity index (χ3n) is 0.672. The van der Waals surface area contributed by atoms with Crippen LogP contribution in [-0.2, 0) is 9.53 Å². The number of aliphatic carboxylic acids is 1. The number of aliphatic hydroxyl groups excluding tert-OH is 1. The first kappa shape index (κ1) is 7.39. The van der Waals surface area contributed by atoms with Crippen molar-refractivity contribution in [2.24, 2.45) is 0 Å². The Morgan fingerprint density at radius 1 is 1.88 bits per heavy atom. The molecule has 0 aliphatic rings. The first-order valence-corrected chi connectivity index (χ1v) is 2.13. The topological polar surface area (TPSA) is 66.8 Å². The van der Waals surface area contributed by atoms with Crippen LogP contribution in [0.25, 0.3) is 0 Å². The molecule has 4 nitrogen and oxygen atoms in total. The van der Waals surface area contributed by atoms with Gasteiger partial charge in [0.25, 0.3) is 0 Å². The molecule has 1 unspecified atom stereocenters. The molecular weight excluding hydrogens is 112 g/mol. The minimum Gasteiger partial charge on any atom is -0.479 e. The molecule has 4 heteroatoms. The molecule has 0 fully saturated rings. The zero-order valence-electron chi connectivity index (χ0n) is 4.50. The van der Waals surface area contributed by atoms with Crippen molar-refractivity contribution in [3.05, 3.63) is 0 Å². The summed E-state index contributed by atoms with van der Waals surface area (Å²) in [6, 6.07) is 0. The highest BCUT2D eigenvalue weighted by Crippen LogP contribution is 1.86. The summed E-state index contributed by atoms with van der Waals surface area (Å²) in [7, 11) is 0. The second-order valence-corrected chi connectivity index (χ2v) is 1.28. The summed E-state index contributed by atoms with van der Waals surface area (Å²) in [6.07, 6.45) is -0.917. The second-order valence-electron chi connectivity index (χ2n) is 1.28. The largest absolute Gasteiger partial charge is 0.479 e. The van der Waals surface area contributed by atoms with Gasteiger partial charge >= 0.3 is 5.97 Å². The molecule has 0 saturated carbocycles. The predicted octanol–water partition coefficient (Wildman–Crippen LogP) is -0.574. The summed E-state index contributed by atoms with van der Waals surface area (Å²) in [5.74, 6) is -1.07. The fourth-order valence-electron chi connectivity index (χ4n) is 0.183. The lowest BCUT2D eigenvalue weighted by Crippen LogP contribution is -2.19. The maximum atomic E-state index is 9.85. The van der Waals surface area contributed by atoms with Gasteiger partial charge in [0.15, 0.2) is 6.10 Å². The van der Waals surface area contributed by atoms with Gasteiger partial charge in [-0.3, -0.25) is 0 Å². The Morgan fingerprint density at radius 2 is 2.38 bits per heavy atom. The molecule has 0 radical (unpaired) electrons. The third-order valence-corrected chi connectivity index (χ3v) is 0.672. The molecule has 0 aliphatic heterocycles. The van der Waals surface area contributed by atoms with E-state index in [1.165, 1.54) is 6.92 Å². The first-order valence-electron chi connectivity index (χ1n) is 2.13. The van der Waals surface area contributed by atoms with Crippen LogP contribution < -0.4 is 0 Å². The van der Waals surface area contributed by atoms with Crippen molar-refractivity contribution in [2.45, 2.75) is 13.0 Å². The second kappa shape index (κ2) is 3.40. The first-order chi connectivity index (χ1) is 3.68. The zero-order valence-corrected chi connectivity index (χ0v) is 4.50. The van der Waals surface area contributed by atoms with Gasteiger partial charge in [0.1, 0.15) is 6.79 Å². The van der Waals surface area contributed by atoms with Crippen molar-refractivity contribution in [3.8, 4) is 0 Å². The van der Waals surface area contributed by atoms with Gasteiger partial charge in [-0.2, -0.15) is 0 Å². The fourth-order valence-corrected chi connectivity index (χ4v) is 0.183. The Morgan fingerprint density at radius 3 is 2.50 bits per heavy atom. The molecule has 0 bridgehead atoms. The fraction of sp³-hybridized carbons (Fsp3) is 0.750. The highest BCUT2D eigenvalue weighted by atomic mass is 16.6. The number of carbonyl (C=O) groups is 1. The lowest BCUT2D eigenvalue weighted by Gasteiger charge is -2.02. The van der Waals surface area contributed by atoms with Crippen LogP contribution in [0.5, 0.6) is 0 Å². The van der Waals surface area contributed by atoms with E-state index in [1.807, 2.05) is 0 Å². The average molecular weight is 120 g/mol. The number of aliphatic hydroxyl groups is 1. The van der Waals surface area contributed by atoms with E-state index < -0.39 is 18.9 Å². The molecule has 48 valence electrons. The smallest absolute Gasteiger partial charge is 0.332 e. The number of carboxylic acid groups (broad SMARTS) is 1. The van der Waals surface area contributed by atoms with E-state index in [0.29, 0.717) is 0 Å². The zero-order chi connectivity index (χ0) is 6.57. The maximum absolute atomic E-state index is 9.85. The summed E-state index contributed by atoms with van der Waals surface area (Å²) >= 11 is 0. The van der Waals surface area contributed by atoms with E-state index in [0.717, 1.165) is 0 Å². The molecule has 0 aliphatic carbocycles. The monoisotopic (exact) mass is 120 g/mol. The van der Waals surface area contributed by atoms with Gasteiger partial charge in [0.2, 0.25) is 0 Å². The van der Waals surface area contributed by atoms with Crippen LogP contribution in [0, 0.1) is 0 Å². The van der Waals surface area contributed by atoms with Crippen LogP contribution in [0.1, 0.15) is 6.92 Å². The van der Waals surface area contributed by atoms with Gasteiger partial charge in [-0.25, -0.2) is 4.79 Å². The Hall–Kier alpha value is -0.610. The summed E-state index contributed by atoms with van der Waals surface area (Å²) in [5.41, 5.74) is 0. The minimum atomic E-state index is -1.07. The van der Waals surface area contributed by atoms with E-state index in [4.69, 9.17) is 10.2 Å². The molecule has 0 aromatic heterocycles. The lowest BCUT2D eigenvalue weighted by atomic mass is 10.4. The van der Waals surface area contributed by atoms with Crippen molar-refractivity contribution in [3.63, 3.8) is 0 Å². The Kier molecular flexibility index (Phi) is 3.14. The Labute approximate surface area is 46.7 Å². The van der Waals surface area contributed by atoms with Crippen LogP contribution >= 0.6 is 0 Å². The van der Waals surface area contributed by atoms with E-state index in [9.17, 15) is 4.79 Å². The van der Waals surface area contributed by atoms with Gasteiger partial charge in [-0.15, -0.1) is 0 Å². The number of rotatable bonds is 3. The minimum absolute atomic E-state index is 0.548. The molecule has 0 aromatic carbocycles. The van der Waals surface area contributed by atoms with Gasteiger partial charge in [0.05, 0.1) is 0 Å². The van der Waals surface area contributed by atoms with Crippen LogP contribution in [-0.4, -0.2) is 29.1 Å². The highest BCUT2D eigenvalue weighted by molar-refractivity contribution is 5.71. The van der Waals surface area contributed by atoms with Gasteiger partial charge in [0, 0.05) is 0 Å². The normalized spacial score (nSPS) is 13.2. The molecule has 2 N–H and O–H groups in total. The van der Waals surface area contributed by atoms with E-state index in [1.54, 1.807) is 0 Å². The van der Waals surface area contributed by atoms with Crippen LogP contribution in [0.4, 0.5) is 0 Å². The van der Waals surface area contributed by atoms with Crippen LogP contribution in [0.15, 0.2) is 0 Å². The molecule has 0 rings (SSSR count). The molecule has 1 atom stereocenters. The lowest BCUT2D eigenvalue weighted by molar-refractivity contribution is -0.154. The average Bonchev–Trinajstić information content (AvgIpc) is 1.67. The van der Waals surface area contributed by atoms with Crippen molar-refractivity contribution in [2.75, 3.05) is 6.79 Å². The summed E-state index contributed by atoms with van der Waals surface area (Å²) in [4.78, 5) is 9.85. The molecule has 0 aromatic rings. The van der Waals surface area contributed by atoms with E-state index in [-0.39, 0.29) is 0 Å². The highest BCUT2D eigenvalue weighted by Gasteiger charge is 2.08. The molecule has 8 heavy (non-hydrogen) atoms. The number of hydrogen-bond donors (Lipinski definition) is 2. The van der Waals surface area contributed by atoms with Gasteiger partial charge in [-0.05, 0) is 6.92 Å². The molecule has 0 amide bonds. The van der Waals surface area contributed by atoms with Crippen molar-refractivity contribution >= 4 is 5.97 Å².